The molecule has 4 fully saturated rings. The van der Waals surface area contributed by atoms with Crippen LogP contribution in [-0.2, 0) is 33.3 Å². The first kappa shape index (κ1) is 29.5. The maximum absolute atomic E-state index is 13.7. The molecule has 2 aliphatic carbocycles. The van der Waals surface area contributed by atoms with E-state index >= 15 is 0 Å². The monoisotopic (exact) mass is 561 g/mol. The number of esters is 2. The molecule has 9 nitrogen and oxygen atoms in total. The van der Waals surface area contributed by atoms with Crippen molar-refractivity contribution in [2.45, 2.75) is 135 Å². The largest absolute Gasteiger partial charge is 0.458 e. The van der Waals surface area contributed by atoms with Crippen LogP contribution in [0.1, 0.15) is 93.4 Å². The van der Waals surface area contributed by atoms with Crippen molar-refractivity contribution in [1.82, 2.24) is 5.32 Å². The number of nitrogens with one attached hydrogen (secondary N) is 1. The van der Waals surface area contributed by atoms with Crippen LogP contribution in [0.25, 0.3) is 0 Å². The Kier molecular flexibility index (Phi) is 7.67. The number of rotatable bonds is 11. The summed E-state index contributed by atoms with van der Waals surface area (Å²) in [5.74, 6) is -1.16. The Bertz CT molecular complexity index is 1080. The van der Waals surface area contributed by atoms with E-state index in [1.165, 1.54) is 0 Å². The fourth-order valence-corrected chi connectivity index (χ4v) is 7.55. The summed E-state index contributed by atoms with van der Waals surface area (Å²) in [7, 11) is 0. The Morgan fingerprint density at radius 1 is 1.10 bits per heavy atom. The van der Waals surface area contributed by atoms with Crippen molar-refractivity contribution >= 4 is 17.8 Å². The van der Waals surface area contributed by atoms with E-state index in [0.717, 1.165) is 24.0 Å². The molecule has 0 aromatic carbocycles. The Morgan fingerprint density at radius 2 is 1.82 bits per heavy atom. The highest BCUT2D eigenvalue weighted by molar-refractivity contribution is 5.92. The van der Waals surface area contributed by atoms with Crippen molar-refractivity contribution < 1.29 is 38.4 Å². The fourth-order valence-electron chi connectivity index (χ4n) is 7.55. The predicted molar refractivity (Wildman–Crippen MR) is 146 cm³/mol. The van der Waals surface area contributed by atoms with Gasteiger partial charge in [-0.05, 0) is 54.9 Å². The summed E-state index contributed by atoms with van der Waals surface area (Å²) in [5, 5.41) is 14.9. The number of aliphatic hydroxyl groups is 1. The smallest absolute Gasteiger partial charge is 0.334 e. The zero-order chi connectivity index (χ0) is 29.2. The van der Waals surface area contributed by atoms with E-state index in [0.29, 0.717) is 38.7 Å². The normalized spacial score (nSPS) is 38.5. The maximum atomic E-state index is 13.7. The number of carbonyl (C=O) groups is 3. The molecule has 0 radical (unpaired) electrons. The zero-order valence-electron chi connectivity index (χ0n) is 25.1. The molecular weight excluding hydrogens is 514 g/mol. The molecular formula is C31H47NO8. The number of ether oxygens (including phenoxy) is 4. The number of unbranched alkanes of at least 4 members (excludes halogenated alkanes) is 1. The highest BCUT2D eigenvalue weighted by Crippen LogP contribution is 2.73. The van der Waals surface area contributed by atoms with Gasteiger partial charge in [0.15, 0.2) is 11.7 Å². The van der Waals surface area contributed by atoms with Crippen LogP contribution in [0.15, 0.2) is 11.1 Å². The van der Waals surface area contributed by atoms with Gasteiger partial charge in [0.1, 0.15) is 23.9 Å². The molecule has 2 spiro atoms. The van der Waals surface area contributed by atoms with Crippen LogP contribution in [0.3, 0.4) is 0 Å². The van der Waals surface area contributed by atoms with Gasteiger partial charge in [-0.1, -0.05) is 54.9 Å². The van der Waals surface area contributed by atoms with Crippen molar-refractivity contribution in [3.8, 4) is 0 Å². The number of carbonyl (C=O) groups excluding carboxylic acids is 3. The average molecular weight is 562 g/mol. The van der Waals surface area contributed by atoms with E-state index in [1.807, 2.05) is 41.5 Å². The molecule has 5 aliphatic rings. The lowest BCUT2D eigenvalue weighted by atomic mass is 9.58. The van der Waals surface area contributed by atoms with Crippen molar-refractivity contribution in [2.24, 2.45) is 23.7 Å². The SMILES string of the molecule is CCCCC1=C([C@@H]2CC3OC34C(OC(=O)C(NC(=O)CC(C)C)C(C)C)C(O)(C(C)C)CC3OC34C2)COC1=O. The van der Waals surface area contributed by atoms with Crippen LogP contribution < -0.4 is 5.32 Å². The Morgan fingerprint density at radius 3 is 2.45 bits per heavy atom. The molecule has 1 amide bonds. The molecule has 5 rings (SSSR count). The highest BCUT2D eigenvalue weighted by atomic mass is 16.7. The van der Waals surface area contributed by atoms with Gasteiger partial charge in [0.05, 0.1) is 12.2 Å². The first-order chi connectivity index (χ1) is 18.8. The Labute approximate surface area is 237 Å². The maximum Gasteiger partial charge on any atom is 0.334 e. The fraction of sp³-hybridized carbons (Fsp3) is 0.839. The third-order valence-electron chi connectivity index (χ3n) is 9.97. The Hall–Kier alpha value is -1.97. The summed E-state index contributed by atoms with van der Waals surface area (Å²) in [6.45, 7) is 13.9. The summed E-state index contributed by atoms with van der Waals surface area (Å²) in [6.07, 6.45) is 3.14. The van der Waals surface area contributed by atoms with Crippen LogP contribution in [0.2, 0.25) is 0 Å². The van der Waals surface area contributed by atoms with E-state index in [4.69, 9.17) is 18.9 Å². The molecule has 0 bridgehead atoms. The second kappa shape index (κ2) is 10.4. The molecule has 2 saturated heterocycles. The Balaban J connectivity index is 1.42. The molecule has 0 aromatic rings. The highest BCUT2D eigenvalue weighted by Gasteiger charge is 2.90. The molecule has 3 aliphatic heterocycles. The lowest BCUT2D eigenvalue weighted by molar-refractivity contribution is -0.200. The van der Waals surface area contributed by atoms with Crippen molar-refractivity contribution in [2.75, 3.05) is 6.61 Å². The van der Waals surface area contributed by atoms with Crippen LogP contribution in [-0.4, -0.2) is 70.7 Å². The van der Waals surface area contributed by atoms with Gasteiger partial charge < -0.3 is 29.4 Å². The van der Waals surface area contributed by atoms with E-state index < -0.39 is 34.9 Å². The van der Waals surface area contributed by atoms with Gasteiger partial charge in [-0.15, -0.1) is 0 Å². The molecule has 3 heterocycles. The number of cyclic esters (lactones) is 1. The van der Waals surface area contributed by atoms with Crippen LogP contribution >= 0.6 is 0 Å². The number of epoxide rings is 2. The molecule has 224 valence electrons. The summed E-state index contributed by atoms with van der Waals surface area (Å²) in [4.78, 5) is 38.8. The van der Waals surface area contributed by atoms with Crippen molar-refractivity contribution in [3.63, 3.8) is 0 Å². The van der Waals surface area contributed by atoms with Gasteiger partial charge in [-0.2, -0.15) is 0 Å². The molecule has 0 aromatic heterocycles. The van der Waals surface area contributed by atoms with Gasteiger partial charge in [0, 0.05) is 18.4 Å². The number of hydrogen-bond acceptors (Lipinski definition) is 8. The first-order valence-electron chi connectivity index (χ1n) is 15.3. The third kappa shape index (κ3) is 4.60. The molecule has 7 unspecified atom stereocenters. The standard InChI is InChI=1S/C31H47NO8/c1-8-9-10-20-21(15-37-26(20)34)19-12-22-31(40-22)28(29(36,18(6)7)14-23-30(31,13-19)39-23)38-27(35)25(17(4)5)32-24(33)11-16(2)3/h16-19,22-23,25,28,36H,8-15H2,1-7H3,(H,32,33)/t19-,22?,23?,25?,28?,29?,30?,31?/m1/s1. The minimum Gasteiger partial charge on any atom is -0.458 e. The van der Waals surface area contributed by atoms with Crippen molar-refractivity contribution in [3.05, 3.63) is 11.1 Å². The predicted octanol–water partition coefficient (Wildman–Crippen LogP) is 3.60. The molecule has 9 heteroatoms. The summed E-state index contributed by atoms with van der Waals surface area (Å²) >= 11 is 0. The second-order valence-corrected chi connectivity index (χ2v) is 13.8. The minimum atomic E-state index is -1.34. The van der Waals surface area contributed by atoms with E-state index in [-0.39, 0.29) is 47.8 Å². The molecule has 40 heavy (non-hydrogen) atoms. The van der Waals surface area contributed by atoms with Gasteiger partial charge >= 0.3 is 11.9 Å². The van der Waals surface area contributed by atoms with E-state index in [9.17, 15) is 19.5 Å². The van der Waals surface area contributed by atoms with Crippen LogP contribution in [0.5, 0.6) is 0 Å². The first-order valence-corrected chi connectivity index (χ1v) is 15.3. The van der Waals surface area contributed by atoms with E-state index in [2.05, 4.69) is 12.2 Å². The zero-order valence-corrected chi connectivity index (χ0v) is 25.1. The third-order valence-corrected chi connectivity index (χ3v) is 9.97. The lowest BCUT2D eigenvalue weighted by Gasteiger charge is -2.48. The number of hydrogen-bond donors (Lipinski definition) is 2. The summed E-state index contributed by atoms with van der Waals surface area (Å²) < 4.78 is 24.6. The van der Waals surface area contributed by atoms with Crippen LogP contribution in [0, 0.1) is 23.7 Å². The van der Waals surface area contributed by atoms with Gasteiger partial charge in [0.2, 0.25) is 5.91 Å². The van der Waals surface area contributed by atoms with Gasteiger partial charge in [0.25, 0.3) is 0 Å². The summed E-state index contributed by atoms with van der Waals surface area (Å²) in [6, 6.07) is -0.839. The minimum absolute atomic E-state index is 0.0734. The average Bonchev–Trinajstić information content (AvgIpc) is 3.73. The number of amides is 1. The van der Waals surface area contributed by atoms with Gasteiger partial charge in [-0.25, -0.2) is 9.59 Å². The van der Waals surface area contributed by atoms with Gasteiger partial charge in [-0.3, -0.25) is 4.79 Å². The molecule has 2 N–H and O–H groups in total. The second-order valence-electron chi connectivity index (χ2n) is 13.8. The van der Waals surface area contributed by atoms with E-state index in [1.54, 1.807) is 0 Å². The molecule has 8 atom stereocenters. The topological polar surface area (TPSA) is 127 Å². The quantitative estimate of drug-likeness (QED) is 0.289. The molecule has 2 saturated carbocycles. The lowest BCUT2D eigenvalue weighted by Crippen LogP contribution is -2.68. The van der Waals surface area contributed by atoms with Crippen molar-refractivity contribution in [1.29, 1.82) is 0 Å². The summed E-state index contributed by atoms with van der Waals surface area (Å²) in [5.41, 5.74) is -1.13. The van der Waals surface area contributed by atoms with Crippen LogP contribution in [0.4, 0.5) is 0 Å².